The summed E-state index contributed by atoms with van der Waals surface area (Å²) in [5, 5.41) is 17.1. The van der Waals surface area contributed by atoms with Gasteiger partial charge in [0, 0.05) is 12.1 Å². The molecule has 0 saturated heterocycles. The highest BCUT2D eigenvalue weighted by molar-refractivity contribution is 6.03. The number of rotatable bonds is 0. The van der Waals surface area contributed by atoms with Crippen molar-refractivity contribution in [2.45, 2.75) is 45.7 Å². The van der Waals surface area contributed by atoms with Gasteiger partial charge in [0.2, 0.25) is 11.8 Å². The summed E-state index contributed by atoms with van der Waals surface area (Å²) < 4.78 is 1.76. The van der Waals surface area contributed by atoms with Crippen molar-refractivity contribution < 1.29 is 14.4 Å². The first kappa shape index (κ1) is 22.2. The van der Waals surface area contributed by atoms with Gasteiger partial charge in [0.1, 0.15) is 11.9 Å². The monoisotopic (exact) mass is 446 g/mol. The van der Waals surface area contributed by atoms with Gasteiger partial charge in [-0.3, -0.25) is 19.0 Å². The van der Waals surface area contributed by atoms with Crippen LogP contribution in [0.1, 0.15) is 53.9 Å². The number of carbonyl (C=O) groups is 3. The van der Waals surface area contributed by atoms with Crippen molar-refractivity contribution in [2.75, 3.05) is 5.32 Å². The normalized spacial score (nSPS) is 19.4. The van der Waals surface area contributed by atoms with Gasteiger partial charge in [-0.25, -0.2) is 0 Å². The minimum absolute atomic E-state index is 0.151. The lowest BCUT2D eigenvalue weighted by atomic mass is 10.1. The van der Waals surface area contributed by atoms with Crippen LogP contribution < -0.4 is 16.0 Å². The van der Waals surface area contributed by atoms with E-state index in [4.69, 9.17) is 0 Å². The number of nitrogens with zero attached hydrogens (tertiary/aromatic N) is 3. The van der Waals surface area contributed by atoms with Crippen LogP contribution in [0.2, 0.25) is 0 Å². The molecule has 0 aliphatic carbocycles. The average Bonchev–Trinajstić information content (AvgIpc) is 3.19. The number of hydrogen-bond donors (Lipinski definition) is 3. The summed E-state index contributed by atoms with van der Waals surface area (Å²) in [6.45, 7) is 5.25. The van der Waals surface area contributed by atoms with E-state index in [1.165, 1.54) is 0 Å². The molecule has 9 heteroatoms. The van der Waals surface area contributed by atoms with Crippen molar-refractivity contribution in [2.24, 2.45) is 0 Å². The van der Waals surface area contributed by atoms with Crippen LogP contribution >= 0.6 is 0 Å². The first-order valence-corrected chi connectivity index (χ1v) is 10.9. The third-order valence-electron chi connectivity index (χ3n) is 5.64. The molecule has 1 aliphatic rings. The van der Waals surface area contributed by atoms with Crippen LogP contribution in [0, 0.1) is 6.92 Å². The fraction of sp³-hybridized carbons (Fsp3) is 0.292. The number of fused-ring (bicyclic) bond motifs is 4. The second kappa shape index (κ2) is 9.23. The van der Waals surface area contributed by atoms with Crippen LogP contribution in [-0.4, -0.2) is 38.5 Å². The fourth-order valence-electron chi connectivity index (χ4n) is 3.89. The van der Waals surface area contributed by atoms with Gasteiger partial charge >= 0.3 is 0 Å². The number of hydrogen-bond acceptors (Lipinski definition) is 5. The number of anilines is 1. The molecule has 0 radical (unpaired) electrons. The van der Waals surface area contributed by atoms with E-state index in [0.717, 1.165) is 5.56 Å². The molecule has 4 rings (SSSR count). The Kier molecular flexibility index (Phi) is 6.21. The minimum Gasteiger partial charge on any atom is -0.346 e. The van der Waals surface area contributed by atoms with Crippen molar-refractivity contribution in [3.05, 3.63) is 71.3 Å². The lowest BCUT2D eigenvalue weighted by Gasteiger charge is -2.20. The molecular weight excluding hydrogens is 420 g/mol. The van der Waals surface area contributed by atoms with Crippen LogP contribution in [0.5, 0.6) is 0 Å². The number of nitrogens with one attached hydrogen (secondary N) is 3. The highest BCUT2D eigenvalue weighted by Crippen LogP contribution is 2.23. The van der Waals surface area contributed by atoms with E-state index in [-0.39, 0.29) is 18.2 Å². The lowest BCUT2D eigenvalue weighted by molar-refractivity contribution is -0.121. The Morgan fingerprint density at radius 2 is 1.61 bits per heavy atom. The predicted molar refractivity (Wildman–Crippen MR) is 123 cm³/mol. The van der Waals surface area contributed by atoms with Crippen LogP contribution in [0.3, 0.4) is 0 Å². The molecule has 0 bridgehead atoms. The Morgan fingerprint density at radius 1 is 0.879 bits per heavy atom. The molecule has 2 aromatic carbocycles. The average molecular weight is 447 g/mol. The molecule has 2 atom stereocenters. The quantitative estimate of drug-likeness (QED) is 0.490. The van der Waals surface area contributed by atoms with Crippen molar-refractivity contribution in [1.29, 1.82) is 0 Å². The van der Waals surface area contributed by atoms with Crippen molar-refractivity contribution >= 4 is 23.4 Å². The molecule has 3 amide bonds. The standard InChI is InChI=1S/C24H26N6O3/c1-14-22-29-28-16(3)30(22)20-11-7-5-9-18(20)24(33)26-15(2)23(32)27-19-10-6-4-8-17(19)12-13-21(31)25-14/h4-11,14-15H,12-13H2,1-3H3,(H,25,31)(H,26,33)(H,27,32)/t14-,15-/m0/s1. The largest absolute Gasteiger partial charge is 0.346 e. The maximum atomic E-state index is 13.2. The molecule has 9 nitrogen and oxygen atoms in total. The highest BCUT2D eigenvalue weighted by Gasteiger charge is 2.25. The zero-order chi connectivity index (χ0) is 23.5. The maximum Gasteiger partial charge on any atom is 0.254 e. The van der Waals surface area contributed by atoms with Gasteiger partial charge in [-0.05, 0) is 51.0 Å². The molecule has 170 valence electrons. The van der Waals surface area contributed by atoms with E-state index in [1.807, 2.05) is 31.2 Å². The molecule has 0 saturated carbocycles. The molecule has 3 aromatic rings. The Morgan fingerprint density at radius 3 is 2.42 bits per heavy atom. The number of benzene rings is 2. The molecule has 2 heterocycles. The van der Waals surface area contributed by atoms with Crippen LogP contribution in [0.4, 0.5) is 5.69 Å². The van der Waals surface area contributed by atoms with E-state index in [1.54, 1.807) is 42.7 Å². The second-order valence-electron chi connectivity index (χ2n) is 8.09. The zero-order valence-electron chi connectivity index (χ0n) is 18.8. The molecule has 0 unspecified atom stereocenters. The van der Waals surface area contributed by atoms with E-state index in [0.29, 0.717) is 35.0 Å². The summed E-state index contributed by atoms with van der Waals surface area (Å²) in [5.74, 6) is 0.192. The zero-order valence-corrected chi connectivity index (χ0v) is 18.8. The van der Waals surface area contributed by atoms with Gasteiger partial charge in [0.05, 0.1) is 17.3 Å². The molecule has 0 spiro atoms. The van der Waals surface area contributed by atoms with E-state index < -0.39 is 18.0 Å². The molecule has 1 aliphatic heterocycles. The van der Waals surface area contributed by atoms with E-state index in [2.05, 4.69) is 26.1 Å². The number of carbonyl (C=O) groups excluding carboxylic acids is 3. The summed E-state index contributed by atoms with van der Waals surface area (Å²) in [4.78, 5) is 38.7. The Balaban J connectivity index is 1.78. The SMILES string of the molecule is Cc1nnc2n1-c1ccccc1C(=O)N[C@@H](C)C(=O)Nc1ccccc1CCC(=O)N[C@H]2C. The van der Waals surface area contributed by atoms with Gasteiger partial charge < -0.3 is 16.0 Å². The summed E-state index contributed by atoms with van der Waals surface area (Å²) in [6.07, 6.45) is 0.692. The smallest absolute Gasteiger partial charge is 0.254 e. The molecule has 3 N–H and O–H groups in total. The topological polar surface area (TPSA) is 118 Å². The lowest BCUT2D eigenvalue weighted by Crippen LogP contribution is -2.42. The first-order valence-electron chi connectivity index (χ1n) is 10.9. The van der Waals surface area contributed by atoms with Gasteiger partial charge in [0.15, 0.2) is 5.82 Å². The van der Waals surface area contributed by atoms with Gasteiger partial charge in [-0.15, -0.1) is 10.2 Å². The van der Waals surface area contributed by atoms with E-state index >= 15 is 0 Å². The van der Waals surface area contributed by atoms with Crippen LogP contribution in [-0.2, 0) is 16.0 Å². The summed E-state index contributed by atoms with van der Waals surface area (Å²) in [5.41, 5.74) is 2.39. The highest BCUT2D eigenvalue weighted by atomic mass is 16.2. The summed E-state index contributed by atoms with van der Waals surface area (Å²) in [7, 11) is 0. The van der Waals surface area contributed by atoms with Crippen molar-refractivity contribution in [1.82, 2.24) is 25.4 Å². The van der Waals surface area contributed by atoms with E-state index in [9.17, 15) is 14.4 Å². The predicted octanol–water partition coefficient (Wildman–Crippen LogP) is 2.46. The maximum absolute atomic E-state index is 13.2. The summed E-state index contributed by atoms with van der Waals surface area (Å²) >= 11 is 0. The number of aromatic nitrogens is 3. The van der Waals surface area contributed by atoms with Crippen molar-refractivity contribution in [3.8, 4) is 5.69 Å². The minimum atomic E-state index is -0.782. The summed E-state index contributed by atoms with van der Waals surface area (Å²) in [6, 6.07) is 13.1. The molecule has 0 fully saturated rings. The van der Waals surface area contributed by atoms with Gasteiger partial charge in [-0.1, -0.05) is 30.3 Å². The van der Waals surface area contributed by atoms with Gasteiger partial charge in [0.25, 0.3) is 5.91 Å². The van der Waals surface area contributed by atoms with Gasteiger partial charge in [-0.2, -0.15) is 0 Å². The van der Waals surface area contributed by atoms with Crippen LogP contribution in [0.25, 0.3) is 5.69 Å². The number of aryl methyl sites for hydroxylation is 2. The first-order chi connectivity index (χ1) is 15.8. The Bertz CT molecular complexity index is 1220. The Labute approximate surface area is 191 Å². The number of amides is 3. The molecule has 1 aromatic heterocycles. The second-order valence-corrected chi connectivity index (χ2v) is 8.09. The van der Waals surface area contributed by atoms with Crippen molar-refractivity contribution in [3.63, 3.8) is 0 Å². The third-order valence-corrected chi connectivity index (χ3v) is 5.64. The number of para-hydroxylation sites is 2. The molecular formula is C24H26N6O3. The third kappa shape index (κ3) is 4.62. The Hall–Kier alpha value is -4.01. The molecule has 33 heavy (non-hydrogen) atoms. The fourth-order valence-corrected chi connectivity index (χ4v) is 3.89. The van der Waals surface area contributed by atoms with Crippen LogP contribution in [0.15, 0.2) is 48.5 Å².